The van der Waals surface area contributed by atoms with E-state index in [2.05, 4.69) is 5.32 Å². The number of amides is 2. The van der Waals surface area contributed by atoms with Crippen molar-refractivity contribution in [2.45, 2.75) is 66.1 Å². The van der Waals surface area contributed by atoms with Crippen LogP contribution in [0.15, 0.2) is 42.5 Å². The summed E-state index contributed by atoms with van der Waals surface area (Å²) in [6, 6.07) is 12.7. The molecule has 0 bridgehead atoms. The van der Waals surface area contributed by atoms with E-state index in [4.69, 9.17) is 9.47 Å². The molecule has 0 saturated carbocycles. The molecule has 32 heavy (non-hydrogen) atoms. The summed E-state index contributed by atoms with van der Waals surface area (Å²) in [5.74, 6) is 1.01. The lowest BCUT2D eigenvalue weighted by Crippen LogP contribution is -2.51. The highest BCUT2D eigenvalue weighted by Crippen LogP contribution is 2.19. The Bertz CT molecular complexity index is 895. The van der Waals surface area contributed by atoms with Crippen LogP contribution in [-0.2, 0) is 16.1 Å². The molecular formula is C26H36N2O4. The first-order chi connectivity index (χ1) is 15.3. The zero-order chi connectivity index (χ0) is 23.7. The van der Waals surface area contributed by atoms with Crippen LogP contribution in [0.2, 0.25) is 0 Å². The number of hydrogen-bond donors (Lipinski definition) is 1. The van der Waals surface area contributed by atoms with Crippen LogP contribution >= 0.6 is 0 Å². The maximum absolute atomic E-state index is 13.3. The second-order valence-corrected chi connectivity index (χ2v) is 8.15. The molecule has 0 saturated heterocycles. The second-order valence-electron chi connectivity index (χ2n) is 8.15. The normalized spacial score (nSPS) is 12.6. The number of ether oxygens (including phenoxy) is 2. The summed E-state index contributed by atoms with van der Waals surface area (Å²) in [7, 11) is 1.61. The Morgan fingerprint density at radius 1 is 0.969 bits per heavy atom. The number of carbonyl (C=O) groups is 2. The van der Waals surface area contributed by atoms with E-state index in [0.29, 0.717) is 18.7 Å². The fourth-order valence-electron chi connectivity index (χ4n) is 3.32. The lowest BCUT2D eigenvalue weighted by molar-refractivity contribution is -0.143. The molecule has 0 aliphatic rings. The Morgan fingerprint density at radius 2 is 1.62 bits per heavy atom. The molecule has 2 aromatic rings. The van der Waals surface area contributed by atoms with Gasteiger partial charge < -0.3 is 19.7 Å². The minimum absolute atomic E-state index is 0.0428. The number of hydrogen-bond acceptors (Lipinski definition) is 4. The monoisotopic (exact) mass is 440 g/mol. The van der Waals surface area contributed by atoms with Gasteiger partial charge in [-0.05, 0) is 74.6 Å². The van der Waals surface area contributed by atoms with Gasteiger partial charge in [-0.15, -0.1) is 0 Å². The maximum atomic E-state index is 13.3. The van der Waals surface area contributed by atoms with Gasteiger partial charge in [0, 0.05) is 12.6 Å². The molecule has 0 fully saturated rings. The Labute approximate surface area is 191 Å². The highest BCUT2D eigenvalue weighted by molar-refractivity contribution is 5.88. The van der Waals surface area contributed by atoms with Gasteiger partial charge in [0.1, 0.15) is 17.5 Å². The molecule has 6 nitrogen and oxygen atoms in total. The molecule has 174 valence electrons. The first kappa shape index (κ1) is 25.2. The summed E-state index contributed by atoms with van der Waals surface area (Å²) in [4.78, 5) is 27.8. The van der Waals surface area contributed by atoms with E-state index >= 15 is 0 Å². The SMILES string of the molecule is CC[C@@H](C)NC(=O)[C@@H](CC)N(Cc1ccc(OC)cc1)C(=O)COc1ccc(C)c(C)c1. The van der Waals surface area contributed by atoms with Crippen LogP contribution < -0.4 is 14.8 Å². The average Bonchev–Trinajstić information content (AvgIpc) is 2.79. The van der Waals surface area contributed by atoms with E-state index in [0.717, 1.165) is 28.9 Å². The van der Waals surface area contributed by atoms with Crippen molar-refractivity contribution in [3.63, 3.8) is 0 Å². The van der Waals surface area contributed by atoms with Crippen LogP contribution in [0.1, 0.15) is 50.3 Å². The number of rotatable bonds is 11. The van der Waals surface area contributed by atoms with Gasteiger partial charge in [-0.1, -0.05) is 32.0 Å². The number of carbonyl (C=O) groups excluding carboxylic acids is 2. The van der Waals surface area contributed by atoms with Gasteiger partial charge in [0.25, 0.3) is 5.91 Å². The van der Waals surface area contributed by atoms with Gasteiger partial charge in [-0.3, -0.25) is 9.59 Å². The highest BCUT2D eigenvalue weighted by Gasteiger charge is 2.29. The molecule has 1 N–H and O–H groups in total. The fourth-order valence-corrected chi connectivity index (χ4v) is 3.32. The second kappa shape index (κ2) is 12.1. The topological polar surface area (TPSA) is 67.9 Å². The molecular weight excluding hydrogens is 404 g/mol. The number of benzene rings is 2. The van der Waals surface area contributed by atoms with E-state index in [1.807, 2.05) is 77.1 Å². The molecule has 0 spiro atoms. The third-order valence-corrected chi connectivity index (χ3v) is 5.74. The van der Waals surface area contributed by atoms with Gasteiger partial charge in [0.15, 0.2) is 6.61 Å². The molecule has 0 unspecified atom stereocenters. The first-order valence-electron chi connectivity index (χ1n) is 11.2. The van der Waals surface area contributed by atoms with Crippen LogP contribution in [-0.4, -0.2) is 42.5 Å². The highest BCUT2D eigenvalue weighted by atomic mass is 16.5. The van der Waals surface area contributed by atoms with Gasteiger partial charge in [0.2, 0.25) is 5.91 Å². The van der Waals surface area contributed by atoms with Crippen molar-refractivity contribution < 1.29 is 19.1 Å². The van der Waals surface area contributed by atoms with Crippen molar-refractivity contribution in [3.05, 3.63) is 59.2 Å². The van der Waals surface area contributed by atoms with E-state index in [1.165, 1.54) is 0 Å². The van der Waals surface area contributed by atoms with Crippen molar-refractivity contribution in [2.75, 3.05) is 13.7 Å². The molecule has 0 aliphatic carbocycles. The number of methoxy groups -OCH3 is 1. The Balaban J connectivity index is 2.22. The molecule has 2 atom stereocenters. The largest absolute Gasteiger partial charge is 0.497 e. The van der Waals surface area contributed by atoms with Crippen LogP contribution in [0.4, 0.5) is 0 Å². The molecule has 2 rings (SSSR count). The van der Waals surface area contributed by atoms with E-state index < -0.39 is 6.04 Å². The summed E-state index contributed by atoms with van der Waals surface area (Å²) in [5, 5.41) is 3.01. The van der Waals surface area contributed by atoms with Crippen molar-refractivity contribution in [1.29, 1.82) is 0 Å². The summed E-state index contributed by atoms with van der Waals surface area (Å²) in [6.07, 6.45) is 1.33. The summed E-state index contributed by atoms with van der Waals surface area (Å²) >= 11 is 0. The standard InChI is InChI=1S/C26H36N2O4/c1-7-20(5)27-26(30)24(8-2)28(16-21-10-13-22(31-6)14-11-21)25(29)17-32-23-12-9-18(3)19(4)15-23/h9-15,20,24H,7-8,16-17H2,1-6H3,(H,27,30)/t20-,24-/m1/s1. The van der Waals surface area contributed by atoms with Crippen LogP contribution in [0, 0.1) is 13.8 Å². The fraction of sp³-hybridized carbons (Fsp3) is 0.462. The summed E-state index contributed by atoms with van der Waals surface area (Å²) < 4.78 is 11.0. The lowest BCUT2D eigenvalue weighted by atomic mass is 10.1. The van der Waals surface area contributed by atoms with Crippen molar-refractivity contribution in [3.8, 4) is 11.5 Å². The summed E-state index contributed by atoms with van der Waals surface area (Å²) in [6.45, 7) is 10.1. The third-order valence-electron chi connectivity index (χ3n) is 5.74. The van der Waals surface area contributed by atoms with E-state index in [-0.39, 0.29) is 24.5 Å². The summed E-state index contributed by atoms with van der Waals surface area (Å²) in [5.41, 5.74) is 3.18. The van der Waals surface area contributed by atoms with Crippen LogP contribution in [0.25, 0.3) is 0 Å². The van der Waals surface area contributed by atoms with Gasteiger partial charge >= 0.3 is 0 Å². The van der Waals surface area contributed by atoms with Crippen molar-refractivity contribution in [1.82, 2.24) is 10.2 Å². The molecule has 0 radical (unpaired) electrons. The lowest BCUT2D eigenvalue weighted by Gasteiger charge is -2.31. The number of nitrogens with one attached hydrogen (secondary N) is 1. The minimum atomic E-state index is -0.582. The van der Waals surface area contributed by atoms with Crippen molar-refractivity contribution in [2.24, 2.45) is 0 Å². The van der Waals surface area contributed by atoms with Gasteiger partial charge in [0.05, 0.1) is 7.11 Å². The first-order valence-corrected chi connectivity index (χ1v) is 11.2. The maximum Gasteiger partial charge on any atom is 0.261 e. The van der Waals surface area contributed by atoms with Gasteiger partial charge in [-0.2, -0.15) is 0 Å². The van der Waals surface area contributed by atoms with Crippen LogP contribution in [0.5, 0.6) is 11.5 Å². The van der Waals surface area contributed by atoms with Gasteiger partial charge in [-0.25, -0.2) is 0 Å². The Morgan fingerprint density at radius 3 is 2.19 bits per heavy atom. The Hall–Kier alpha value is -3.02. The predicted molar refractivity (Wildman–Crippen MR) is 127 cm³/mol. The van der Waals surface area contributed by atoms with E-state index in [9.17, 15) is 9.59 Å². The zero-order valence-corrected chi connectivity index (χ0v) is 20.1. The quantitative estimate of drug-likeness (QED) is 0.562. The minimum Gasteiger partial charge on any atom is -0.497 e. The zero-order valence-electron chi connectivity index (χ0n) is 20.1. The molecule has 2 amide bonds. The molecule has 6 heteroatoms. The molecule has 2 aromatic carbocycles. The van der Waals surface area contributed by atoms with E-state index in [1.54, 1.807) is 12.0 Å². The number of nitrogens with zero attached hydrogens (tertiary/aromatic N) is 1. The molecule has 0 heterocycles. The number of aryl methyl sites for hydroxylation is 2. The average molecular weight is 441 g/mol. The third kappa shape index (κ3) is 7.01. The van der Waals surface area contributed by atoms with Crippen molar-refractivity contribution >= 4 is 11.8 Å². The predicted octanol–water partition coefficient (Wildman–Crippen LogP) is 4.41. The smallest absolute Gasteiger partial charge is 0.261 e. The Kier molecular flexibility index (Phi) is 9.57. The molecule has 0 aliphatic heterocycles. The molecule has 0 aromatic heterocycles. The van der Waals surface area contributed by atoms with Crippen LogP contribution in [0.3, 0.4) is 0 Å².